The van der Waals surface area contributed by atoms with E-state index in [4.69, 9.17) is 4.74 Å². The van der Waals surface area contributed by atoms with E-state index in [2.05, 4.69) is 17.1 Å². The normalized spacial score (nSPS) is 14.5. The van der Waals surface area contributed by atoms with E-state index in [1.807, 2.05) is 18.4 Å². The maximum Gasteiger partial charge on any atom is 0.224 e. The largest absolute Gasteiger partial charge is 0.359 e. The van der Waals surface area contributed by atoms with Gasteiger partial charge in [0.05, 0.1) is 18.0 Å². The van der Waals surface area contributed by atoms with Crippen molar-refractivity contribution in [2.24, 2.45) is 0 Å². The SMILES string of the molecule is CCCc1sc2c(c1CC(=O)NC)COCN2C. The van der Waals surface area contributed by atoms with Gasteiger partial charge in [-0.1, -0.05) is 13.3 Å². The van der Waals surface area contributed by atoms with Crippen LogP contribution in [-0.4, -0.2) is 26.7 Å². The number of likely N-dealkylation sites (N-methyl/N-ethyl adjacent to an activating group) is 1. The van der Waals surface area contributed by atoms with Crippen LogP contribution < -0.4 is 10.2 Å². The van der Waals surface area contributed by atoms with Crippen LogP contribution in [0.1, 0.15) is 29.3 Å². The summed E-state index contributed by atoms with van der Waals surface area (Å²) >= 11 is 1.81. The maximum absolute atomic E-state index is 11.6. The third kappa shape index (κ3) is 2.52. The molecule has 1 aromatic rings. The molecule has 1 aliphatic heterocycles. The van der Waals surface area contributed by atoms with Gasteiger partial charge in [0.25, 0.3) is 0 Å². The van der Waals surface area contributed by atoms with Crippen molar-refractivity contribution in [1.82, 2.24) is 5.32 Å². The summed E-state index contributed by atoms with van der Waals surface area (Å²) in [5.41, 5.74) is 2.39. The molecule has 18 heavy (non-hydrogen) atoms. The lowest BCUT2D eigenvalue weighted by Crippen LogP contribution is -2.26. The summed E-state index contributed by atoms with van der Waals surface area (Å²) in [5.74, 6) is 0.0705. The van der Waals surface area contributed by atoms with Gasteiger partial charge >= 0.3 is 0 Å². The van der Waals surface area contributed by atoms with Crippen LogP contribution in [0.2, 0.25) is 0 Å². The summed E-state index contributed by atoms with van der Waals surface area (Å²) in [6.45, 7) is 3.44. The number of hydrogen-bond acceptors (Lipinski definition) is 4. The van der Waals surface area contributed by atoms with Crippen LogP contribution in [0.3, 0.4) is 0 Å². The zero-order valence-electron chi connectivity index (χ0n) is 11.2. The molecule has 5 heteroatoms. The Morgan fingerprint density at radius 1 is 1.56 bits per heavy atom. The van der Waals surface area contributed by atoms with E-state index in [1.165, 1.54) is 21.0 Å². The van der Waals surface area contributed by atoms with Crippen LogP contribution in [-0.2, 0) is 29.0 Å². The molecular formula is C13H20N2O2S. The second-order valence-corrected chi connectivity index (χ2v) is 5.65. The van der Waals surface area contributed by atoms with Crippen LogP contribution in [0.4, 0.5) is 5.00 Å². The van der Waals surface area contributed by atoms with E-state index in [0.29, 0.717) is 19.8 Å². The van der Waals surface area contributed by atoms with Crippen LogP contribution in [0.5, 0.6) is 0 Å². The standard InChI is InChI=1S/C13H20N2O2S/c1-4-5-11-9(6-12(16)14-2)10-7-17-8-15(3)13(10)18-11/h4-8H2,1-3H3,(H,14,16). The summed E-state index contributed by atoms with van der Waals surface area (Å²) < 4.78 is 5.56. The highest BCUT2D eigenvalue weighted by Gasteiger charge is 2.24. The minimum atomic E-state index is 0.0705. The number of hydrogen-bond donors (Lipinski definition) is 1. The van der Waals surface area contributed by atoms with E-state index < -0.39 is 0 Å². The number of nitrogens with one attached hydrogen (secondary N) is 1. The van der Waals surface area contributed by atoms with Gasteiger partial charge in [0.2, 0.25) is 5.91 Å². The molecule has 2 rings (SSSR count). The molecular weight excluding hydrogens is 248 g/mol. The van der Waals surface area contributed by atoms with Gasteiger partial charge in [-0.25, -0.2) is 0 Å². The van der Waals surface area contributed by atoms with Crippen molar-refractivity contribution in [2.75, 3.05) is 25.7 Å². The maximum atomic E-state index is 11.6. The first-order chi connectivity index (χ1) is 8.67. The van der Waals surface area contributed by atoms with Crippen molar-refractivity contribution in [3.8, 4) is 0 Å². The van der Waals surface area contributed by atoms with Crippen molar-refractivity contribution < 1.29 is 9.53 Å². The smallest absolute Gasteiger partial charge is 0.224 e. The van der Waals surface area contributed by atoms with Crippen LogP contribution >= 0.6 is 11.3 Å². The average Bonchev–Trinajstić information content (AvgIpc) is 2.70. The van der Waals surface area contributed by atoms with Crippen molar-refractivity contribution in [1.29, 1.82) is 0 Å². The van der Waals surface area contributed by atoms with E-state index in [9.17, 15) is 4.79 Å². The Labute approximate surface area is 112 Å². The molecule has 4 nitrogen and oxygen atoms in total. The highest BCUT2D eigenvalue weighted by molar-refractivity contribution is 7.16. The quantitative estimate of drug-likeness (QED) is 0.907. The molecule has 1 aliphatic rings. The highest BCUT2D eigenvalue weighted by atomic mass is 32.1. The first-order valence-corrected chi connectivity index (χ1v) is 7.11. The number of anilines is 1. The Morgan fingerprint density at radius 3 is 3.00 bits per heavy atom. The second kappa shape index (κ2) is 5.71. The molecule has 0 saturated heterocycles. The van der Waals surface area contributed by atoms with Crippen molar-refractivity contribution in [3.05, 3.63) is 16.0 Å². The van der Waals surface area contributed by atoms with E-state index in [0.717, 1.165) is 12.8 Å². The molecule has 1 amide bonds. The molecule has 1 N–H and O–H groups in total. The molecule has 0 aromatic carbocycles. The fourth-order valence-electron chi connectivity index (χ4n) is 2.22. The molecule has 2 heterocycles. The molecule has 0 aliphatic carbocycles. The molecule has 1 aromatic heterocycles. The monoisotopic (exact) mass is 268 g/mol. The molecule has 0 spiro atoms. The van der Waals surface area contributed by atoms with Gasteiger partial charge in [0.15, 0.2) is 0 Å². The minimum Gasteiger partial charge on any atom is -0.359 e. The lowest BCUT2D eigenvalue weighted by Gasteiger charge is -2.24. The van der Waals surface area contributed by atoms with Crippen LogP contribution in [0.25, 0.3) is 0 Å². The van der Waals surface area contributed by atoms with Gasteiger partial charge in [-0.05, 0) is 12.0 Å². The lowest BCUT2D eigenvalue weighted by atomic mass is 10.0. The molecule has 0 saturated carbocycles. The van der Waals surface area contributed by atoms with E-state index in [-0.39, 0.29) is 5.91 Å². The first kappa shape index (κ1) is 13.4. The number of carbonyl (C=O) groups excluding carboxylic acids is 1. The Morgan fingerprint density at radius 2 is 2.33 bits per heavy atom. The highest BCUT2D eigenvalue weighted by Crippen LogP contribution is 2.39. The zero-order valence-corrected chi connectivity index (χ0v) is 12.0. The summed E-state index contributed by atoms with van der Waals surface area (Å²) in [7, 11) is 3.72. The van der Waals surface area contributed by atoms with Gasteiger partial charge in [0, 0.05) is 24.5 Å². The topological polar surface area (TPSA) is 41.6 Å². The van der Waals surface area contributed by atoms with Crippen molar-refractivity contribution in [3.63, 3.8) is 0 Å². The number of fused-ring (bicyclic) bond motifs is 1. The van der Waals surface area contributed by atoms with Gasteiger partial charge in [-0.2, -0.15) is 0 Å². The molecule has 0 fully saturated rings. The minimum absolute atomic E-state index is 0.0705. The summed E-state index contributed by atoms with van der Waals surface area (Å²) in [6, 6.07) is 0. The predicted octanol–water partition coefficient (Wildman–Crippen LogP) is 1.91. The van der Waals surface area contributed by atoms with Gasteiger partial charge in [0.1, 0.15) is 6.73 Å². The number of ether oxygens (including phenoxy) is 1. The molecule has 0 bridgehead atoms. The van der Waals surface area contributed by atoms with Crippen LogP contribution in [0, 0.1) is 0 Å². The third-order valence-electron chi connectivity index (χ3n) is 3.15. The molecule has 100 valence electrons. The zero-order chi connectivity index (χ0) is 13.1. The Bertz CT molecular complexity index is 442. The molecule has 0 atom stereocenters. The summed E-state index contributed by atoms with van der Waals surface area (Å²) in [6.07, 6.45) is 2.61. The van der Waals surface area contributed by atoms with E-state index >= 15 is 0 Å². The Kier molecular flexibility index (Phi) is 4.24. The summed E-state index contributed by atoms with van der Waals surface area (Å²) in [5, 5.41) is 3.97. The predicted molar refractivity (Wildman–Crippen MR) is 74.1 cm³/mol. The number of rotatable bonds is 4. The first-order valence-electron chi connectivity index (χ1n) is 6.30. The summed E-state index contributed by atoms with van der Waals surface area (Å²) in [4.78, 5) is 15.1. The third-order valence-corrected chi connectivity index (χ3v) is 4.60. The van der Waals surface area contributed by atoms with E-state index in [1.54, 1.807) is 7.05 Å². The average molecular weight is 268 g/mol. The van der Waals surface area contributed by atoms with Gasteiger partial charge < -0.3 is 15.0 Å². The number of carbonyl (C=O) groups is 1. The molecule has 0 radical (unpaired) electrons. The number of nitrogens with zero attached hydrogens (tertiary/aromatic N) is 1. The number of amides is 1. The Hall–Kier alpha value is -1.07. The van der Waals surface area contributed by atoms with Gasteiger partial charge in [-0.3, -0.25) is 4.79 Å². The molecule has 0 unspecified atom stereocenters. The fraction of sp³-hybridized carbons (Fsp3) is 0.615. The fourth-order valence-corrected chi connectivity index (χ4v) is 3.59. The van der Waals surface area contributed by atoms with Crippen LogP contribution in [0.15, 0.2) is 0 Å². The van der Waals surface area contributed by atoms with Gasteiger partial charge in [-0.15, -0.1) is 11.3 Å². The van der Waals surface area contributed by atoms with Crippen molar-refractivity contribution >= 4 is 22.2 Å². The second-order valence-electron chi connectivity index (χ2n) is 4.56. The number of thiophene rings is 1. The van der Waals surface area contributed by atoms with Crippen molar-refractivity contribution in [2.45, 2.75) is 32.8 Å². The number of aryl methyl sites for hydroxylation is 1. The lowest BCUT2D eigenvalue weighted by molar-refractivity contribution is -0.119. The Balaban J connectivity index is 2.37.